The molecule has 152 valence electrons. The smallest absolute Gasteiger partial charge is 0.284 e. The van der Waals surface area contributed by atoms with E-state index in [2.05, 4.69) is 9.98 Å². The zero-order chi connectivity index (χ0) is 21.1. The molecule has 2 heterocycles. The first-order chi connectivity index (χ1) is 14.4. The maximum Gasteiger partial charge on any atom is 0.417 e. The fourth-order valence-corrected chi connectivity index (χ4v) is 3.61. The second kappa shape index (κ2) is 8.22. The Morgan fingerprint density at radius 2 is 1.77 bits per heavy atom. The van der Waals surface area contributed by atoms with Crippen molar-refractivity contribution in [2.75, 3.05) is 6.54 Å². The van der Waals surface area contributed by atoms with Crippen molar-refractivity contribution < 1.29 is 17.6 Å². The SMILES string of the molecule is Fc1ccc(C=C2CCCN=C2c2cccnc2)cc1-c1ccccc1C(F)(F)F. The van der Waals surface area contributed by atoms with Crippen LogP contribution in [0.5, 0.6) is 0 Å². The molecule has 1 aliphatic rings. The van der Waals surface area contributed by atoms with Gasteiger partial charge in [-0.2, -0.15) is 13.2 Å². The first-order valence-corrected chi connectivity index (χ1v) is 9.55. The first kappa shape index (κ1) is 20.0. The summed E-state index contributed by atoms with van der Waals surface area (Å²) in [6, 6.07) is 13.0. The number of aromatic nitrogens is 1. The van der Waals surface area contributed by atoms with Gasteiger partial charge in [-0.25, -0.2) is 4.39 Å². The van der Waals surface area contributed by atoms with E-state index in [4.69, 9.17) is 0 Å². The molecule has 0 N–H and O–H groups in total. The Labute approximate surface area is 171 Å². The third-order valence-corrected chi connectivity index (χ3v) is 4.97. The van der Waals surface area contributed by atoms with Gasteiger partial charge in [0.25, 0.3) is 0 Å². The zero-order valence-corrected chi connectivity index (χ0v) is 16.0. The third-order valence-electron chi connectivity index (χ3n) is 4.97. The Bertz CT molecular complexity index is 1120. The largest absolute Gasteiger partial charge is 0.417 e. The first-order valence-electron chi connectivity index (χ1n) is 9.55. The minimum absolute atomic E-state index is 0.0760. The summed E-state index contributed by atoms with van der Waals surface area (Å²) < 4.78 is 54.8. The van der Waals surface area contributed by atoms with E-state index in [0.29, 0.717) is 12.1 Å². The van der Waals surface area contributed by atoms with Crippen LogP contribution in [0, 0.1) is 5.82 Å². The van der Waals surface area contributed by atoms with Crippen LogP contribution in [-0.4, -0.2) is 17.2 Å². The van der Waals surface area contributed by atoms with Gasteiger partial charge in [0.15, 0.2) is 0 Å². The zero-order valence-electron chi connectivity index (χ0n) is 16.0. The van der Waals surface area contributed by atoms with Gasteiger partial charge in [0.2, 0.25) is 0 Å². The van der Waals surface area contributed by atoms with E-state index in [-0.39, 0.29) is 11.1 Å². The van der Waals surface area contributed by atoms with Crippen molar-refractivity contribution in [3.8, 4) is 11.1 Å². The van der Waals surface area contributed by atoms with Crippen LogP contribution >= 0.6 is 0 Å². The highest BCUT2D eigenvalue weighted by molar-refractivity contribution is 6.15. The molecular weight excluding hydrogens is 392 g/mol. The number of nitrogens with zero attached hydrogens (tertiary/aromatic N) is 2. The van der Waals surface area contributed by atoms with Crippen LogP contribution in [0.3, 0.4) is 0 Å². The molecule has 0 fully saturated rings. The standard InChI is InChI=1S/C24H18F4N2/c25-22-10-9-16(14-20(22)19-7-1-2-8-21(19)24(26,27)28)13-17-5-4-12-30-23(17)18-6-3-11-29-15-18/h1-3,6-11,13-15H,4-5,12H2. The maximum absolute atomic E-state index is 14.5. The molecule has 0 spiro atoms. The fraction of sp³-hybridized carbons (Fsp3) is 0.167. The van der Waals surface area contributed by atoms with Crippen LogP contribution in [0.2, 0.25) is 0 Å². The van der Waals surface area contributed by atoms with Gasteiger partial charge < -0.3 is 0 Å². The molecule has 0 radical (unpaired) electrons. The molecule has 2 aromatic carbocycles. The Kier molecular flexibility index (Phi) is 5.48. The molecule has 30 heavy (non-hydrogen) atoms. The van der Waals surface area contributed by atoms with E-state index in [0.717, 1.165) is 35.8 Å². The Morgan fingerprint density at radius 1 is 0.933 bits per heavy atom. The molecule has 0 aliphatic carbocycles. The minimum Gasteiger partial charge on any atom is -0.284 e. The second-order valence-electron chi connectivity index (χ2n) is 7.03. The van der Waals surface area contributed by atoms with Gasteiger partial charge in [0.1, 0.15) is 5.82 Å². The number of rotatable bonds is 3. The molecule has 6 heteroatoms. The summed E-state index contributed by atoms with van der Waals surface area (Å²) in [7, 11) is 0. The predicted molar refractivity (Wildman–Crippen MR) is 110 cm³/mol. The maximum atomic E-state index is 14.5. The minimum atomic E-state index is -4.57. The van der Waals surface area contributed by atoms with Crippen LogP contribution in [0.15, 0.2) is 77.6 Å². The summed E-state index contributed by atoms with van der Waals surface area (Å²) in [5.74, 6) is -0.696. The Balaban J connectivity index is 1.78. The van der Waals surface area contributed by atoms with Gasteiger partial charge in [-0.15, -0.1) is 0 Å². The lowest BCUT2D eigenvalue weighted by Gasteiger charge is -2.17. The van der Waals surface area contributed by atoms with Gasteiger partial charge in [0.05, 0.1) is 11.3 Å². The van der Waals surface area contributed by atoms with Crippen LogP contribution < -0.4 is 0 Å². The Hall–Kier alpha value is -3.28. The van der Waals surface area contributed by atoms with E-state index >= 15 is 0 Å². The monoisotopic (exact) mass is 410 g/mol. The number of benzene rings is 2. The molecule has 1 aromatic heterocycles. The molecule has 0 bridgehead atoms. The van der Waals surface area contributed by atoms with Crippen molar-refractivity contribution in [1.82, 2.24) is 4.98 Å². The average molecular weight is 410 g/mol. The molecule has 0 atom stereocenters. The quantitative estimate of drug-likeness (QED) is 0.448. The molecule has 2 nitrogen and oxygen atoms in total. The predicted octanol–water partition coefficient (Wildman–Crippen LogP) is 6.57. The van der Waals surface area contributed by atoms with Crippen molar-refractivity contribution in [2.24, 2.45) is 4.99 Å². The highest BCUT2D eigenvalue weighted by Crippen LogP contribution is 2.38. The van der Waals surface area contributed by atoms with E-state index in [1.54, 1.807) is 18.5 Å². The second-order valence-corrected chi connectivity index (χ2v) is 7.03. The Morgan fingerprint density at radius 3 is 2.53 bits per heavy atom. The molecule has 1 aliphatic heterocycles. The van der Waals surface area contributed by atoms with Gasteiger partial charge >= 0.3 is 6.18 Å². The average Bonchev–Trinajstić information content (AvgIpc) is 2.75. The summed E-state index contributed by atoms with van der Waals surface area (Å²) in [4.78, 5) is 8.74. The third kappa shape index (κ3) is 4.17. The van der Waals surface area contributed by atoms with E-state index in [1.165, 1.54) is 30.3 Å². The van der Waals surface area contributed by atoms with Crippen LogP contribution in [0.1, 0.15) is 29.5 Å². The lowest BCUT2D eigenvalue weighted by Crippen LogP contribution is -2.12. The van der Waals surface area contributed by atoms with Crippen LogP contribution in [0.4, 0.5) is 17.6 Å². The van der Waals surface area contributed by atoms with Crippen LogP contribution in [-0.2, 0) is 6.18 Å². The molecule has 0 saturated carbocycles. The highest BCUT2D eigenvalue weighted by atomic mass is 19.4. The number of aliphatic imine (C=N–C) groups is 1. The summed E-state index contributed by atoms with van der Waals surface area (Å²) in [5, 5.41) is 0. The summed E-state index contributed by atoms with van der Waals surface area (Å²) >= 11 is 0. The highest BCUT2D eigenvalue weighted by Gasteiger charge is 2.33. The van der Waals surface area contributed by atoms with Gasteiger partial charge in [0, 0.05) is 30.1 Å². The number of hydrogen-bond acceptors (Lipinski definition) is 2. The van der Waals surface area contributed by atoms with Gasteiger partial charge in [-0.05, 0) is 65.9 Å². The normalized spacial score (nSPS) is 15.9. The van der Waals surface area contributed by atoms with Crippen molar-refractivity contribution in [2.45, 2.75) is 19.0 Å². The summed E-state index contributed by atoms with van der Waals surface area (Å²) in [5.41, 5.74) is 2.17. The van der Waals surface area contributed by atoms with Crippen molar-refractivity contribution in [3.63, 3.8) is 0 Å². The molecule has 0 saturated heterocycles. The van der Waals surface area contributed by atoms with E-state index in [9.17, 15) is 17.6 Å². The number of halogens is 4. The molecular formula is C24H18F4N2. The number of pyridine rings is 1. The summed E-state index contributed by atoms with van der Waals surface area (Å²) in [6.45, 7) is 0.704. The van der Waals surface area contributed by atoms with Crippen LogP contribution in [0.25, 0.3) is 17.2 Å². The molecule has 0 unspecified atom stereocenters. The van der Waals surface area contributed by atoms with E-state index < -0.39 is 17.6 Å². The lowest BCUT2D eigenvalue weighted by molar-refractivity contribution is -0.137. The van der Waals surface area contributed by atoms with Gasteiger partial charge in [-0.1, -0.05) is 24.3 Å². The van der Waals surface area contributed by atoms with Crippen molar-refractivity contribution >= 4 is 11.8 Å². The van der Waals surface area contributed by atoms with Crippen molar-refractivity contribution in [3.05, 3.63) is 95.1 Å². The number of allylic oxidation sites excluding steroid dienone is 1. The fourth-order valence-electron chi connectivity index (χ4n) is 3.61. The van der Waals surface area contributed by atoms with Gasteiger partial charge in [-0.3, -0.25) is 9.98 Å². The van der Waals surface area contributed by atoms with Crippen molar-refractivity contribution in [1.29, 1.82) is 0 Å². The number of alkyl halides is 3. The molecule has 0 amide bonds. The topological polar surface area (TPSA) is 25.2 Å². The summed E-state index contributed by atoms with van der Waals surface area (Å²) in [6.07, 6.45) is 2.36. The molecule has 3 aromatic rings. The van der Waals surface area contributed by atoms with E-state index in [1.807, 2.05) is 18.2 Å². The number of hydrogen-bond donors (Lipinski definition) is 0. The lowest BCUT2D eigenvalue weighted by atomic mass is 9.93. The molecule has 4 rings (SSSR count).